The Bertz CT molecular complexity index is 1300. The van der Waals surface area contributed by atoms with Crippen LogP contribution in [0.2, 0.25) is 0 Å². The van der Waals surface area contributed by atoms with E-state index in [9.17, 15) is 0 Å². The number of rotatable bonds is 0. The van der Waals surface area contributed by atoms with Gasteiger partial charge in [-0.05, 0) is 67.3 Å². The molecule has 4 aromatic rings. The molecule has 4 aromatic carbocycles. The van der Waals surface area contributed by atoms with Crippen molar-refractivity contribution in [3.05, 3.63) is 94.9 Å². The van der Waals surface area contributed by atoms with Crippen molar-refractivity contribution < 1.29 is 0 Å². The third-order valence-electron chi connectivity index (χ3n) is 6.84. The largest absolute Gasteiger partial charge is 0.130 e. The summed E-state index contributed by atoms with van der Waals surface area (Å²) >= 11 is 2.03. The molecule has 0 radical (unpaired) electrons. The normalized spacial score (nSPS) is 24.2. The van der Waals surface area contributed by atoms with Gasteiger partial charge < -0.3 is 0 Å². The Balaban J connectivity index is 1.68. The molecule has 128 valence electrons. The Morgan fingerprint density at radius 1 is 0.778 bits per heavy atom. The molecular weight excluding hydrogens is 344 g/mol. The van der Waals surface area contributed by atoms with E-state index in [1.54, 1.807) is 16.7 Å². The van der Waals surface area contributed by atoms with E-state index in [1.807, 2.05) is 11.8 Å². The average Bonchev–Trinajstić information content (AvgIpc) is 3.20. The molecule has 0 aromatic heterocycles. The second-order valence-corrected chi connectivity index (χ2v) is 9.19. The molecule has 0 spiro atoms. The second-order valence-electron chi connectivity index (χ2n) is 8.04. The van der Waals surface area contributed by atoms with E-state index in [0.29, 0.717) is 17.1 Å². The van der Waals surface area contributed by atoms with Gasteiger partial charge in [-0.15, -0.1) is 11.8 Å². The Kier molecular flexibility index (Phi) is 2.72. The van der Waals surface area contributed by atoms with Gasteiger partial charge >= 0.3 is 0 Å². The maximum Gasteiger partial charge on any atom is 0.0201 e. The molecule has 0 bridgehead atoms. The summed E-state index contributed by atoms with van der Waals surface area (Å²) in [6.07, 6.45) is 3.68. The first kappa shape index (κ1) is 14.5. The molecule has 0 nitrogen and oxygen atoms in total. The Morgan fingerprint density at radius 2 is 1.63 bits per heavy atom. The van der Waals surface area contributed by atoms with Gasteiger partial charge in [0.05, 0.1) is 0 Å². The molecule has 0 saturated carbocycles. The standard InChI is InChI=1S/C26H18S/c1-2-6-16-15(5-1)13-22-20-9-4-8-19-17-11-12-27-24(17)14-23(26(19)20)21-10-3-7-18(16)25(21)22/h1-13,17,23-24H,14H2. The van der Waals surface area contributed by atoms with Gasteiger partial charge in [0, 0.05) is 17.1 Å². The third kappa shape index (κ3) is 1.76. The van der Waals surface area contributed by atoms with Crippen molar-refractivity contribution in [2.24, 2.45) is 0 Å². The topological polar surface area (TPSA) is 0 Å². The van der Waals surface area contributed by atoms with Gasteiger partial charge in [-0.2, -0.15) is 0 Å². The van der Waals surface area contributed by atoms with E-state index >= 15 is 0 Å². The minimum atomic E-state index is 0.530. The van der Waals surface area contributed by atoms with Crippen molar-refractivity contribution in [3.8, 4) is 11.1 Å². The highest BCUT2D eigenvalue weighted by Crippen LogP contribution is 2.57. The third-order valence-corrected chi connectivity index (χ3v) is 7.99. The highest BCUT2D eigenvalue weighted by atomic mass is 32.2. The predicted octanol–water partition coefficient (Wildman–Crippen LogP) is 7.22. The Labute approximate surface area is 162 Å². The molecule has 2 aliphatic carbocycles. The lowest BCUT2D eigenvalue weighted by atomic mass is 9.67. The Morgan fingerprint density at radius 3 is 2.63 bits per heavy atom. The molecule has 0 fully saturated rings. The van der Waals surface area contributed by atoms with Gasteiger partial charge in [0.15, 0.2) is 0 Å². The first-order valence-electron chi connectivity index (χ1n) is 9.80. The zero-order valence-electron chi connectivity index (χ0n) is 14.9. The van der Waals surface area contributed by atoms with Crippen molar-refractivity contribution >= 4 is 33.3 Å². The van der Waals surface area contributed by atoms with Crippen LogP contribution in [-0.2, 0) is 0 Å². The highest BCUT2D eigenvalue weighted by molar-refractivity contribution is 8.03. The summed E-state index contributed by atoms with van der Waals surface area (Å²) < 4.78 is 0. The molecule has 3 unspecified atom stereocenters. The van der Waals surface area contributed by atoms with E-state index in [4.69, 9.17) is 0 Å². The average molecular weight is 362 g/mol. The number of benzene rings is 4. The molecule has 1 heterocycles. The number of hydrogen-bond acceptors (Lipinski definition) is 1. The van der Waals surface area contributed by atoms with E-state index in [-0.39, 0.29) is 0 Å². The van der Waals surface area contributed by atoms with E-state index in [2.05, 4.69) is 78.2 Å². The maximum atomic E-state index is 2.43. The molecule has 3 aliphatic rings. The lowest BCUT2D eigenvalue weighted by Gasteiger charge is -2.39. The first-order valence-corrected chi connectivity index (χ1v) is 10.7. The number of thioether (sulfide) groups is 1. The number of fused-ring (bicyclic) bond motifs is 6. The number of hydrogen-bond donors (Lipinski definition) is 0. The van der Waals surface area contributed by atoms with Gasteiger partial charge in [-0.3, -0.25) is 0 Å². The van der Waals surface area contributed by atoms with Crippen LogP contribution < -0.4 is 0 Å². The van der Waals surface area contributed by atoms with Crippen molar-refractivity contribution in [1.29, 1.82) is 0 Å². The van der Waals surface area contributed by atoms with Crippen molar-refractivity contribution in [2.75, 3.05) is 0 Å². The molecular formula is C26H18S. The van der Waals surface area contributed by atoms with Crippen molar-refractivity contribution in [2.45, 2.75) is 23.5 Å². The van der Waals surface area contributed by atoms with Gasteiger partial charge in [0.2, 0.25) is 0 Å². The van der Waals surface area contributed by atoms with Crippen LogP contribution in [0.3, 0.4) is 0 Å². The summed E-state index contributed by atoms with van der Waals surface area (Å²) in [7, 11) is 0. The zero-order chi connectivity index (χ0) is 17.5. The van der Waals surface area contributed by atoms with Crippen LogP contribution in [0, 0.1) is 0 Å². The molecule has 1 aliphatic heterocycles. The van der Waals surface area contributed by atoms with Gasteiger partial charge in [0.25, 0.3) is 0 Å². The van der Waals surface area contributed by atoms with Crippen LogP contribution in [0.5, 0.6) is 0 Å². The summed E-state index contributed by atoms with van der Waals surface area (Å²) in [4.78, 5) is 0. The van der Waals surface area contributed by atoms with Crippen molar-refractivity contribution in [1.82, 2.24) is 0 Å². The molecule has 27 heavy (non-hydrogen) atoms. The lowest BCUT2D eigenvalue weighted by molar-refractivity contribution is 0.598. The van der Waals surface area contributed by atoms with Gasteiger partial charge in [-0.1, -0.05) is 66.7 Å². The first-order chi connectivity index (χ1) is 13.4. The molecule has 0 saturated heterocycles. The quantitative estimate of drug-likeness (QED) is 0.298. The molecule has 1 heteroatoms. The minimum Gasteiger partial charge on any atom is -0.130 e. The van der Waals surface area contributed by atoms with Crippen molar-refractivity contribution in [3.63, 3.8) is 0 Å². The van der Waals surface area contributed by atoms with Crippen LogP contribution >= 0.6 is 11.8 Å². The highest BCUT2D eigenvalue weighted by Gasteiger charge is 2.40. The van der Waals surface area contributed by atoms with Crippen LogP contribution in [0.1, 0.15) is 34.9 Å². The minimum absolute atomic E-state index is 0.530. The van der Waals surface area contributed by atoms with Crippen LogP contribution in [-0.4, -0.2) is 5.25 Å². The van der Waals surface area contributed by atoms with E-state index in [0.717, 1.165) is 0 Å². The summed E-state index contributed by atoms with van der Waals surface area (Å²) in [5.74, 6) is 1.12. The van der Waals surface area contributed by atoms with Crippen LogP contribution in [0.4, 0.5) is 0 Å². The monoisotopic (exact) mass is 362 g/mol. The number of allylic oxidation sites excluding steroid dienone is 1. The molecule has 7 rings (SSSR count). The maximum absolute atomic E-state index is 2.43. The second kappa shape index (κ2) is 5.05. The summed E-state index contributed by atoms with van der Waals surface area (Å²) in [5, 5.41) is 8.64. The fourth-order valence-corrected chi connectivity index (χ4v) is 6.94. The van der Waals surface area contributed by atoms with Gasteiger partial charge in [0.1, 0.15) is 0 Å². The molecule has 0 N–H and O–H groups in total. The summed E-state index contributed by atoms with van der Waals surface area (Å²) in [5.41, 5.74) is 7.60. The fraction of sp³-hybridized carbons (Fsp3) is 0.154. The molecule has 3 atom stereocenters. The van der Waals surface area contributed by atoms with E-state index in [1.165, 1.54) is 39.1 Å². The van der Waals surface area contributed by atoms with E-state index < -0.39 is 0 Å². The fourth-order valence-electron chi connectivity index (χ4n) is 5.77. The predicted molar refractivity (Wildman–Crippen MR) is 117 cm³/mol. The smallest absolute Gasteiger partial charge is 0.0201 e. The Hall–Kier alpha value is -2.51. The lowest BCUT2D eigenvalue weighted by Crippen LogP contribution is -2.25. The van der Waals surface area contributed by atoms with Gasteiger partial charge in [-0.25, -0.2) is 0 Å². The zero-order valence-corrected chi connectivity index (χ0v) is 15.7. The van der Waals surface area contributed by atoms with Crippen LogP contribution in [0.15, 0.2) is 78.2 Å². The summed E-state index contributed by atoms with van der Waals surface area (Å²) in [6, 6.07) is 25.3. The van der Waals surface area contributed by atoms with Crippen LogP contribution in [0.25, 0.3) is 32.7 Å². The molecule has 0 amide bonds. The summed E-state index contributed by atoms with van der Waals surface area (Å²) in [6.45, 7) is 0. The SMILES string of the molecule is C1=CC2c3cccc4c3C(CC2S1)c1cccc2c1c-4cc1ccccc12.